The number of hydrogen-bond acceptors (Lipinski definition) is 3. The van der Waals surface area contributed by atoms with Gasteiger partial charge in [0.25, 0.3) is 11.6 Å². The number of nitrogens with one attached hydrogen (secondary N) is 1. The highest BCUT2D eigenvalue weighted by atomic mass is 16.6. The number of aryl methyl sites for hydroxylation is 2. The number of benzene rings is 3. The van der Waals surface area contributed by atoms with Crippen LogP contribution in [0.3, 0.4) is 0 Å². The zero-order valence-corrected chi connectivity index (χ0v) is 15.2. The van der Waals surface area contributed by atoms with Crippen LogP contribution in [0.2, 0.25) is 0 Å². The molecular weight excluding hydrogens is 340 g/mol. The average Bonchev–Trinajstić information content (AvgIpc) is 2.67. The molecule has 0 unspecified atom stereocenters. The number of nitro groups is 1. The molecule has 3 aromatic rings. The minimum atomic E-state index is -0.447. The molecule has 3 aromatic carbocycles. The molecule has 1 amide bonds. The maximum absolute atomic E-state index is 12.9. The van der Waals surface area contributed by atoms with Gasteiger partial charge in [-0.2, -0.15) is 0 Å². The predicted molar refractivity (Wildman–Crippen MR) is 105 cm³/mol. The molecule has 0 aliphatic carbocycles. The molecule has 1 atom stereocenters. The third-order valence-corrected chi connectivity index (χ3v) is 4.56. The van der Waals surface area contributed by atoms with Gasteiger partial charge in [0.2, 0.25) is 0 Å². The first-order chi connectivity index (χ1) is 13.0. The number of nitro benzene ring substituents is 1. The van der Waals surface area contributed by atoms with Gasteiger partial charge in [-0.25, -0.2) is 0 Å². The Balaban J connectivity index is 1.95. The van der Waals surface area contributed by atoms with Crippen molar-refractivity contribution in [3.63, 3.8) is 0 Å². The van der Waals surface area contributed by atoms with E-state index in [1.165, 1.54) is 12.1 Å². The normalized spacial score (nSPS) is 11.6. The molecule has 0 aliphatic heterocycles. The first-order valence-corrected chi connectivity index (χ1v) is 8.63. The molecule has 27 heavy (non-hydrogen) atoms. The third kappa shape index (κ3) is 4.03. The van der Waals surface area contributed by atoms with E-state index in [-0.39, 0.29) is 17.6 Å². The van der Waals surface area contributed by atoms with E-state index in [1.807, 2.05) is 61.5 Å². The summed E-state index contributed by atoms with van der Waals surface area (Å²) in [7, 11) is 0. The minimum absolute atomic E-state index is 0.00469. The van der Waals surface area contributed by atoms with Gasteiger partial charge >= 0.3 is 0 Å². The molecule has 3 rings (SSSR count). The summed E-state index contributed by atoms with van der Waals surface area (Å²) in [5.74, 6) is -0.273. The molecule has 0 spiro atoms. The highest BCUT2D eigenvalue weighted by Crippen LogP contribution is 2.26. The molecule has 0 aromatic heterocycles. The Morgan fingerprint density at radius 1 is 0.926 bits per heavy atom. The fourth-order valence-corrected chi connectivity index (χ4v) is 3.11. The van der Waals surface area contributed by atoms with E-state index in [2.05, 4.69) is 5.32 Å². The quantitative estimate of drug-likeness (QED) is 0.528. The molecule has 0 saturated carbocycles. The van der Waals surface area contributed by atoms with E-state index >= 15 is 0 Å². The van der Waals surface area contributed by atoms with Crippen molar-refractivity contribution in [2.45, 2.75) is 19.9 Å². The fraction of sp³-hybridized carbons (Fsp3) is 0.136. The van der Waals surface area contributed by atoms with Gasteiger partial charge in [-0.3, -0.25) is 14.9 Å². The van der Waals surface area contributed by atoms with Gasteiger partial charge in [-0.05, 0) is 42.7 Å². The van der Waals surface area contributed by atoms with Crippen molar-refractivity contribution in [1.82, 2.24) is 5.32 Å². The monoisotopic (exact) mass is 360 g/mol. The van der Waals surface area contributed by atoms with Crippen LogP contribution in [0.15, 0.2) is 72.8 Å². The number of rotatable bonds is 5. The molecule has 5 heteroatoms. The maximum Gasteiger partial charge on any atom is 0.272 e. The molecule has 0 aliphatic rings. The van der Waals surface area contributed by atoms with Crippen LogP contribution in [0, 0.1) is 24.0 Å². The van der Waals surface area contributed by atoms with Gasteiger partial charge in [0.15, 0.2) is 0 Å². The Hall–Kier alpha value is -3.47. The van der Waals surface area contributed by atoms with Gasteiger partial charge in [-0.15, -0.1) is 0 Å². The van der Waals surface area contributed by atoms with Gasteiger partial charge < -0.3 is 5.32 Å². The Bertz CT molecular complexity index is 984. The smallest absolute Gasteiger partial charge is 0.272 e. The Morgan fingerprint density at radius 2 is 1.59 bits per heavy atom. The second-order valence-electron chi connectivity index (χ2n) is 6.43. The van der Waals surface area contributed by atoms with Crippen LogP contribution in [-0.2, 0) is 0 Å². The summed E-state index contributed by atoms with van der Waals surface area (Å²) in [5, 5.41) is 14.1. The van der Waals surface area contributed by atoms with Crippen LogP contribution in [-0.4, -0.2) is 10.8 Å². The van der Waals surface area contributed by atoms with E-state index < -0.39 is 4.92 Å². The first-order valence-electron chi connectivity index (χ1n) is 8.63. The molecular formula is C22H20N2O3. The molecule has 0 saturated heterocycles. The van der Waals surface area contributed by atoms with Crippen LogP contribution < -0.4 is 5.32 Å². The second kappa shape index (κ2) is 7.83. The summed E-state index contributed by atoms with van der Waals surface area (Å²) in [6.45, 7) is 3.64. The highest BCUT2D eigenvalue weighted by Gasteiger charge is 2.20. The van der Waals surface area contributed by atoms with Crippen molar-refractivity contribution < 1.29 is 9.72 Å². The zero-order valence-electron chi connectivity index (χ0n) is 15.2. The van der Waals surface area contributed by atoms with Crippen LogP contribution >= 0.6 is 0 Å². The summed E-state index contributed by atoms with van der Waals surface area (Å²) < 4.78 is 0. The SMILES string of the molecule is Cc1ccccc1[C@H](NC(=O)c1ccc([N+](=O)[O-])c(C)c1)c1ccccc1. The van der Waals surface area contributed by atoms with Gasteiger partial charge in [-0.1, -0.05) is 54.6 Å². The number of nitrogens with zero attached hydrogens (tertiary/aromatic N) is 1. The topological polar surface area (TPSA) is 72.2 Å². The lowest BCUT2D eigenvalue weighted by Crippen LogP contribution is -2.29. The zero-order chi connectivity index (χ0) is 19.4. The first kappa shape index (κ1) is 18.3. The van der Waals surface area contributed by atoms with Crippen molar-refractivity contribution in [3.05, 3.63) is 111 Å². The lowest BCUT2D eigenvalue weighted by atomic mass is 9.94. The lowest BCUT2D eigenvalue weighted by molar-refractivity contribution is -0.385. The van der Waals surface area contributed by atoms with Crippen molar-refractivity contribution in [2.24, 2.45) is 0 Å². The molecule has 1 N–H and O–H groups in total. The molecule has 0 radical (unpaired) electrons. The van der Waals surface area contributed by atoms with E-state index in [4.69, 9.17) is 0 Å². The summed E-state index contributed by atoms with van der Waals surface area (Å²) >= 11 is 0. The molecule has 0 heterocycles. The van der Waals surface area contributed by atoms with E-state index in [9.17, 15) is 14.9 Å². The van der Waals surface area contributed by atoms with Crippen molar-refractivity contribution in [2.75, 3.05) is 0 Å². The predicted octanol–water partition coefficient (Wildman–Crippen LogP) is 4.73. The van der Waals surface area contributed by atoms with Gasteiger partial charge in [0.1, 0.15) is 0 Å². The van der Waals surface area contributed by atoms with Crippen molar-refractivity contribution in [1.29, 1.82) is 0 Å². The number of amides is 1. The summed E-state index contributed by atoms with van der Waals surface area (Å²) in [6.07, 6.45) is 0. The average molecular weight is 360 g/mol. The van der Waals surface area contributed by atoms with Crippen LogP contribution in [0.5, 0.6) is 0 Å². The van der Waals surface area contributed by atoms with Crippen molar-refractivity contribution in [3.8, 4) is 0 Å². The van der Waals surface area contributed by atoms with E-state index in [1.54, 1.807) is 13.0 Å². The molecule has 0 fully saturated rings. The number of carbonyl (C=O) groups is 1. The summed E-state index contributed by atoms with van der Waals surface area (Å²) in [5.41, 5.74) is 3.92. The van der Waals surface area contributed by atoms with E-state index in [0.29, 0.717) is 11.1 Å². The summed E-state index contributed by atoms with van der Waals surface area (Å²) in [4.78, 5) is 23.4. The lowest BCUT2D eigenvalue weighted by Gasteiger charge is -2.22. The molecule has 0 bridgehead atoms. The number of hydrogen-bond donors (Lipinski definition) is 1. The Labute approximate surface area is 157 Å². The van der Waals surface area contributed by atoms with E-state index in [0.717, 1.165) is 16.7 Å². The standard InChI is InChI=1S/C22H20N2O3/c1-15-8-6-7-11-19(15)21(17-9-4-3-5-10-17)23-22(25)18-12-13-20(24(26)27)16(2)14-18/h3-14,21H,1-2H3,(H,23,25)/t21-/m1/s1. The van der Waals surface area contributed by atoms with Crippen LogP contribution in [0.1, 0.15) is 38.7 Å². The van der Waals surface area contributed by atoms with Crippen LogP contribution in [0.25, 0.3) is 0 Å². The van der Waals surface area contributed by atoms with Gasteiger partial charge in [0, 0.05) is 17.2 Å². The molecule has 136 valence electrons. The van der Waals surface area contributed by atoms with Gasteiger partial charge in [0.05, 0.1) is 11.0 Å². The maximum atomic E-state index is 12.9. The third-order valence-electron chi connectivity index (χ3n) is 4.56. The van der Waals surface area contributed by atoms with Crippen LogP contribution in [0.4, 0.5) is 5.69 Å². The molecule has 5 nitrogen and oxygen atoms in total. The van der Waals surface area contributed by atoms with Crippen molar-refractivity contribution >= 4 is 11.6 Å². The second-order valence-corrected chi connectivity index (χ2v) is 6.43. The fourth-order valence-electron chi connectivity index (χ4n) is 3.11. The number of carbonyl (C=O) groups excluding carboxylic acids is 1. The Morgan fingerprint density at radius 3 is 2.22 bits per heavy atom. The largest absolute Gasteiger partial charge is 0.341 e. The summed E-state index contributed by atoms with van der Waals surface area (Å²) in [6, 6.07) is 21.7. The minimum Gasteiger partial charge on any atom is -0.341 e. The Kier molecular flexibility index (Phi) is 5.31. The highest BCUT2D eigenvalue weighted by molar-refractivity contribution is 5.95.